The van der Waals surface area contributed by atoms with E-state index in [0.717, 1.165) is 12.2 Å². The van der Waals surface area contributed by atoms with E-state index in [1.807, 2.05) is 0 Å². The number of ether oxygens (including phenoxy) is 1. The quantitative estimate of drug-likeness (QED) is 0.237. The highest BCUT2D eigenvalue weighted by atomic mass is 32.2. The van der Waals surface area contributed by atoms with Crippen molar-refractivity contribution >= 4 is 25.3 Å². The van der Waals surface area contributed by atoms with Crippen molar-refractivity contribution in [2.75, 3.05) is 25.7 Å². The second-order valence-electron chi connectivity index (χ2n) is 7.66. The molecule has 0 bridgehead atoms. The molecule has 0 aliphatic carbocycles. The fourth-order valence-electron chi connectivity index (χ4n) is 2.92. The SMILES string of the molecule is CC(C)N(C(C)C)P(OCOCCCSC(=O)CCN)N(C(C)C)C(C)C. The predicted molar refractivity (Wildman–Crippen MR) is 119 cm³/mol. The summed E-state index contributed by atoms with van der Waals surface area (Å²) < 4.78 is 16.9. The molecule has 0 aliphatic rings. The highest BCUT2D eigenvalue weighted by Gasteiger charge is 2.34. The Labute approximate surface area is 172 Å². The zero-order valence-corrected chi connectivity index (χ0v) is 20.3. The first kappa shape index (κ1) is 27.2. The Balaban J connectivity index is 4.63. The number of nitrogens with two attached hydrogens (primary N) is 1. The van der Waals surface area contributed by atoms with Gasteiger partial charge in [-0.3, -0.25) is 4.79 Å². The number of rotatable bonds is 15. The van der Waals surface area contributed by atoms with E-state index in [2.05, 4.69) is 64.7 Å². The van der Waals surface area contributed by atoms with Crippen LogP contribution in [0.15, 0.2) is 0 Å². The van der Waals surface area contributed by atoms with E-state index >= 15 is 0 Å². The van der Waals surface area contributed by atoms with Crippen molar-refractivity contribution in [2.45, 2.75) is 92.4 Å². The lowest BCUT2D eigenvalue weighted by Gasteiger charge is -2.45. The van der Waals surface area contributed by atoms with Gasteiger partial charge in [-0.05, 0) is 61.8 Å². The molecule has 0 aromatic rings. The van der Waals surface area contributed by atoms with Gasteiger partial charge in [0.1, 0.15) is 0 Å². The Bertz CT molecular complexity index is 362. The average Bonchev–Trinajstić information content (AvgIpc) is 2.52. The molecule has 162 valence electrons. The van der Waals surface area contributed by atoms with Crippen LogP contribution in [0.4, 0.5) is 0 Å². The summed E-state index contributed by atoms with van der Waals surface area (Å²) in [6.45, 7) is 19.0. The molecule has 0 aromatic carbocycles. The molecule has 6 nitrogen and oxygen atoms in total. The van der Waals surface area contributed by atoms with Crippen molar-refractivity contribution < 1.29 is 14.1 Å². The molecule has 27 heavy (non-hydrogen) atoms. The van der Waals surface area contributed by atoms with Crippen molar-refractivity contribution in [3.05, 3.63) is 0 Å². The third-order valence-corrected chi connectivity index (χ3v) is 7.80. The predicted octanol–water partition coefficient (Wildman–Crippen LogP) is 4.44. The van der Waals surface area contributed by atoms with Crippen molar-refractivity contribution in [3.63, 3.8) is 0 Å². The van der Waals surface area contributed by atoms with E-state index in [9.17, 15) is 4.79 Å². The third kappa shape index (κ3) is 11.1. The Kier molecular flexibility index (Phi) is 15.3. The van der Waals surface area contributed by atoms with Gasteiger partial charge in [0.15, 0.2) is 20.4 Å². The fourth-order valence-corrected chi connectivity index (χ4v) is 5.92. The average molecular weight is 424 g/mol. The third-order valence-electron chi connectivity index (χ3n) is 3.81. The van der Waals surface area contributed by atoms with Crippen molar-refractivity contribution in [3.8, 4) is 0 Å². The van der Waals surface area contributed by atoms with Crippen LogP contribution in [0.2, 0.25) is 0 Å². The molecule has 0 rings (SSSR count). The van der Waals surface area contributed by atoms with Crippen LogP contribution in [0.5, 0.6) is 0 Å². The monoisotopic (exact) mass is 423 g/mol. The largest absolute Gasteiger partial charge is 0.355 e. The van der Waals surface area contributed by atoms with Gasteiger partial charge in [-0.25, -0.2) is 9.34 Å². The van der Waals surface area contributed by atoms with Crippen molar-refractivity contribution in [1.82, 2.24) is 9.34 Å². The van der Waals surface area contributed by atoms with Gasteiger partial charge < -0.3 is 15.0 Å². The summed E-state index contributed by atoms with van der Waals surface area (Å²) >= 11 is 1.34. The normalized spacial score (nSPS) is 12.7. The number of hydrogen-bond acceptors (Lipinski definition) is 7. The van der Waals surface area contributed by atoms with Crippen LogP contribution in [0, 0.1) is 0 Å². The van der Waals surface area contributed by atoms with Crippen LogP contribution < -0.4 is 5.73 Å². The van der Waals surface area contributed by atoms with Gasteiger partial charge in [0.25, 0.3) is 0 Å². The van der Waals surface area contributed by atoms with E-state index in [0.29, 0.717) is 43.7 Å². The molecule has 0 heterocycles. The Morgan fingerprint density at radius 3 is 1.85 bits per heavy atom. The second kappa shape index (κ2) is 15.1. The van der Waals surface area contributed by atoms with Crippen molar-refractivity contribution in [1.29, 1.82) is 0 Å². The molecule has 8 heteroatoms. The molecule has 0 aliphatic heterocycles. The van der Waals surface area contributed by atoms with Gasteiger partial charge in [-0.1, -0.05) is 11.8 Å². The van der Waals surface area contributed by atoms with E-state index in [1.54, 1.807) is 0 Å². The molecule has 0 saturated carbocycles. The van der Waals surface area contributed by atoms with Gasteiger partial charge in [0.2, 0.25) is 0 Å². The number of thioether (sulfide) groups is 1. The lowest BCUT2D eigenvalue weighted by Crippen LogP contribution is -2.43. The maximum absolute atomic E-state index is 11.4. The summed E-state index contributed by atoms with van der Waals surface area (Å²) in [5.41, 5.74) is 5.38. The summed E-state index contributed by atoms with van der Waals surface area (Å²) in [6.07, 6.45) is 1.28. The van der Waals surface area contributed by atoms with Gasteiger partial charge in [-0.15, -0.1) is 0 Å². The van der Waals surface area contributed by atoms with Crippen LogP contribution in [0.3, 0.4) is 0 Å². The van der Waals surface area contributed by atoms with E-state index in [1.165, 1.54) is 11.8 Å². The van der Waals surface area contributed by atoms with Crippen LogP contribution in [0.1, 0.15) is 68.2 Å². The minimum atomic E-state index is -0.917. The molecule has 0 spiro atoms. The molecule has 2 N–H and O–H groups in total. The molecule has 0 saturated heterocycles. The second-order valence-corrected chi connectivity index (χ2v) is 10.5. The number of carbonyl (C=O) groups excluding carboxylic acids is 1. The van der Waals surface area contributed by atoms with Crippen LogP contribution in [-0.4, -0.2) is 64.3 Å². The summed E-state index contributed by atoms with van der Waals surface area (Å²) in [4.78, 5) is 11.4. The van der Waals surface area contributed by atoms with E-state index < -0.39 is 8.45 Å². The highest BCUT2D eigenvalue weighted by Crippen LogP contribution is 2.50. The minimum Gasteiger partial charge on any atom is -0.355 e. The molecular formula is C19H42N3O3PS. The molecule has 0 radical (unpaired) electrons. The number of hydrogen-bond donors (Lipinski definition) is 1. The lowest BCUT2D eigenvalue weighted by atomic mass is 10.3. The van der Waals surface area contributed by atoms with Gasteiger partial charge in [0, 0.05) is 42.9 Å². The van der Waals surface area contributed by atoms with Gasteiger partial charge in [0.05, 0.1) is 6.61 Å². The molecule has 0 aromatic heterocycles. The van der Waals surface area contributed by atoms with Crippen LogP contribution in [0.25, 0.3) is 0 Å². The van der Waals surface area contributed by atoms with E-state index in [4.69, 9.17) is 15.0 Å². The standard InChI is InChI=1S/C19H42N3O3PS/c1-15(2)21(16(3)4)26(22(17(5)6)18(7)8)25-14-24-12-9-13-27-19(23)10-11-20/h15-18H,9-14,20H2,1-8H3. The number of carbonyl (C=O) groups is 1. The Morgan fingerprint density at radius 1 is 0.963 bits per heavy atom. The van der Waals surface area contributed by atoms with E-state index in [-0.39, 0.29) is 11.9 Å². The Morgan fingerprint density at radius 2 is 1.44 bits per heavy atom. The maximum Gasteiger partial charge on any atom is 0.191 e. The first-order valence-corrected chi connectivity index (χ1v) is 12.2. The molecule has 0 amide bonds. The summed E-state index contributed by atoms with van der Waals surface area (Å²) in [5, 5.41) is 0.159. The maximum atomic E-state index is 11.4. The summed E-state index contributed by atoms with van der Waals surface area (Å²) in [6, 6.07) is 1.56. The zero-order valence-electron chi connectivity index (χ0n) is 18.6. The minimum absolute atomic E-state index is 0.159. The number of nitrogens with zero attached hydrogens (tertiary/aromatic N) is 2. The zero-order chi connectivity index (χ0) is 21.0. The molecule has 0 atom stereocenters. The van der Waals surface area contributed by atoms with Gasteiger partial charge >= 0.3 is 0 Å². The first-order chi connectivity index (χ1) is 12.6. The topological polar surface area (TPSA) is 68.0 Å². The lowest BCUT2D eigenvalue weighted by molar-refractivity contribution is -0.110. The highest BCUT2D eigenvalue weighted by molar-refractivity contribution is 8.13. The van der Waals surface area contributed by atoms with Gasteiger partial charge in [-0.2, -0.15) is 0 Å². The molecule has 0 unspecified atom stereocenters. The smallest absolute Gasteiger partial charge is 0.191 e. The van der Waals surface area contributed by atoms with Crippen LogP contribution >= 0.6 is 20.2 Å². The van der Waals surface area contributed by atoms with Crippen LogP contribution in [-0.2, 0) is 14.1 Å². The summed E-state index contributed by atoms with van der Waals surface area (Å²) in [7, 11) is -0.917. The summed E-state index contributed by atoms with van der Waals surface area (Å²) in [5.74, 6) is 0.766. The Hall–Kier alpha value is 0.250. The molecular weight excluding hydrogens is 381 g/mol. The first-order valence-electron chi connectivity index (χ1n) is 10.1. The fraction of sp³-hybridized carbons (Fsp3) is 0.947. The van der Waals surface area contributed by atoms with Crippen molar-refractivity contribution in [2.24, 2.45) is 5.73 Å². The molecule has 0 fully saturated rings.